The molecule has 142 valence electrons. The number of likely N-dealkylation sites (tertiary alicyclic amines) is 1. The molecule has 1 unspecified atom stereocenters. The summed E-state index contributed by atoms with van der Waals surface area (Å²) < 4.78 is 0. The summed E-state index contributed by atoms with van der Waals surface area (Å²) >= 11 is 1.47. The molecule has 1 amide bonds. The number of allylic oxidation sites excluding steroid dienone is 1. The van der Waals surface area contributed by atoms with Crippen molar-refractivity contribution in [2.75, 3.05) is 12.4 Å². The van der Waals surface area contributed by atoms with E-state index in [2.05, 4.69) is 23.5 Å². The van der Waals surface area contributed by atoms with Crippen molar-refractivity contribution in [3.8, 4) is 0 Å². The lowest BCUT2D eigenvalue weighted by Crippen LogP contribution is -2.47. The Kier molecular flexibility index (Phi) is 5.45. The molecule has 2 aliphatic heterocycles. The number of amides is 1. The van der Waals surface area contributed by atoms with Gasteiger partial charge >= 0.3 is 0 Å². The third-order valence-corrected chi connectivity index (χ3v) is 6.95. The smallest absolute Gasteiger partial charge is 0.223 e. The summed E-state index contributed by atoms with van der Waals surface area (Å²) in [5.74, 6) is 0.691. The molecule has 0 bridgehead atoms. The zero-order valence-corrected chi connectivity index (χ0v) is 16.0. The van der Waals surface area contributed by atoms with E-state index in [1.54, 1.807) is 4.90 Å². The summed E-state index contributed by atoms with van der Waals surface area (Å²) in [6.07, 6.45) is 6.66. The number of hydrogen-bond acceptors (Lipinski definition) is 5. The van der Waals surface area contributed by atoms with Gasteiger partial charge in [0.05, 0.1) is 17.3 Å². The van der Waals surface area contributed by atoms with E-state index in [-0.39, 0.29) is 23.0 Å². The van der Waals surface area contributed by atoms with Gasteiger partial charge in [0.25, 0.3) is 0 Å². The van der Waals surface area contributed by atoms with Gasteiger partial charge < -0.3 is 9.69 Å². The highest BCUT2D eigenvalue weighted by Gasteiger charge is 2.42. The van der Waals surface area contributed by atoms with Crippen LogP contribution in [0.2, 0.25) is 0 Å². The first kappa shape index (κ1) is 18.4. The number of nitrogens with one attached hydrogen (secondary N) is 1. The molecule has 1 aromatic carbocycles. The average Bonchev–Trinajstić information content (AvgIpc) is 3.43. The molecule has 2 heterocycles. The highest BCUT2D eigenvalue weighted by Crippen LogP contribution is 2.30. The molecule has 0 radical (unpaired) electrons. The molecule has 5 nitrogen and oxygen atoms in total. The van der Waals surface area contributed by atoms with Crippen molar-refractivity contribution >= 4 is 35.8 Å². The predicted molar refractivity (Wildman–Crippen MR) is 106 cm³/mol. The first-order chi connectivity index (χ1) is 13.2. The van der Waals surface area contributed by atoms with Crippen molar-refractivity contribution in [3.63, 3.8) is 0 Å². The Hall–Kier alpha value is -1.92. The van der Waals surface area contributed by atoms with Gasteiger partial charge in [-0.05, 0) is 36.8 Å². The second-order valence-corrected chi connectivity index (χ2v) is 8.55. The number of rotatable bonds is 6. The third kappa shape index (κ3) is 3.73. The number of nitrogens with zero attached hydrogens (tertiary/aromatic N) is 1. The number of fused-ring (bicyclic) bond motifs is 1. The molecule has 27 heavy (non-hydrogen) atoms. The maximum atomic E-state index is 12.9. The van der Waals surface area contributed by atoms with Crippen molar-refractivity contribution in [1.82, 2.24) is 10.2 Å². The molecule has 0 spiro atoms. The van der Waals surface area contributed by atoms with E-state index in [0.717, 1.165) is 25.5 Å². The molecule has 3 aliphatic rings. The number of aldehydes is 1. The third-order valence-electron chi connectivity index (χ3n) is 5.73. The summed E-state index contributed by atoms with van der Waals surface area (Å²) in [6, 6.07) is 7.52. The van der Waals surface area contributed by atoms with Gasteiger partial charge in [0, 0.05) is 18.8 Å². The highest BCUT2D eigenvalue weighted by molar-refractivity contribution is 8.00. The molecule has 2 saturated heterocycles. The first-order valence-corrected chi connectivity index (χ1v) is 10.6. The van der Waals surface area contributed by atoms with E-state index in [9.17, 15) is 14.4 Å². The van der Waals surface area contributed by atoms with Crippen LogP contribution < -0.4 is 5.32 Å². The van der Waals surface area contributed by atoms with E-state index in [0.29, 0.717) is 25.3 Å². The molecule has 3 atom stereocenters. The number of thioether (sulfide) groups is 1. The van der Waals surface area contributed by atoms with E-state index in [1.807, 2.05) is 12.1 Å². The van der Waals surface area contributed by atoms with Crippen LogP contribution in [0, 0.1) is 0 Å². The standard InChI is InChI=1S/C21H24N2O3S/c24-12-17-21(27-13-22-17)20(26)18-6-3-9-23(18)19(25)8-7-14-10-15-4-1-2-5-16(15)11-14/h1-2,4-5,10,12,17-18,21-22H,3,6-9,11,13H2/t17-,18+,21?/m1/s1. The topological polar surface area (TPSA) is 66.5 Å². The van der Waals surface area contributed by atoms with Gasteiger partial charge in [0.15, 0.2) is 5.78 Å². The second kappa shape index (κ2) is 7.98. The fraction of sp³-hybridized carbons (Fsp3) is 0.476. The molecule has 6 heteroatoms. The summed E-state index contributed by atoms with van der Waals surface area (Å²) in [7, 11) is 0. The minimum absolute atomic E-state index is 0.0282. The summed E-state index contributed by atoms with van der Waals surface area (Å²) in [6.45, 7) is 0.644. The van der Waals surface area contributed by atoms with Crippen LogP contribution in [0.1, 0.15) is 36.8 Å². The van der Waals surface area contributed by atoms with Crippen LogP contribution in [0.15, 0.2) is 29.8 Å². The predicted octanol–water partition coefficient (Wildman–Crippen LogP) is 2.20. The van der Waals surface area contributed by atoms with Crippen molar-refractivity contribution in [2.45, 2.75) is 49.4 Å². The number of ketones is 1. The normalized spacial score (nSPS) is 26.7. The molecular weight excluding hydrogens is 360 g/mol. The molecule has 1 aromatic rings. The average molecular weight is 385 g/mol. The Morgan fingerprint density at radius 3 is 2.96 bits per heavy atom. The number of benzene rings is 1. The van der Waals surface area contributed by atoms with Gasteiger partial charge in [0.1, 0.15) is 6.29 Å². The lowest BCUT2D eigenvalue weighted by Gasteiger charge is -2.26. The first-order valence-electron chi connectivity index (χ1n) is 9.58. The number of carbonyl (C=O) groups is 3. The second-order valence-electron chi connectivity index (χ2n) is 7.42. The molecule has 1 aliphatic carbocycles. The number of hydrogen-bond donors (Lipinski definition) is 1. The van der Waals surface area contributed by atoms with E-state index in [1.165, 1.54) is 28.5 Å². The van der Waals surface area contributed by atoms with Gasteiger partial charge in [-0.1, -0.05) is 35.9 Å². The SMILES string of the molecule is O=C[C@H]1NCSC1C(=O)[C@@H]1CCCN1C(=O)CCC1=Cc2ccccc2C1. The van der Waals surface area contributed by atoms with Gasteiger partial charge in [0.2, 0.25) is 5.91 Å². The fourth-order valence-corrected chi connectivity index (χ4v) is 5.45. The van der Waals surface area contributed by atoms with Gasteiger partial charge in [-0.2, -0.15) is 0 Å². The van der Waals surface area contributed by atoms with Gasteiger partial charge in [-0.15, -0.1) is 11.8 Å². The van der Waals surface area contributed by atoms with Crippen LogP contribution in [-0.2, 0) is 20.8 Å². The summed E-state index contributed by atoms with van der Waals surface area (Å²) in [5, 5.41) is 2.67. The summed E-state index contributed by atoms with van der Waals surface area (Å²) in [4.78, 5) is 38.7. The summed E-state index contributed by atoms with van der Waals surface area (Å²) in [5.41, 5.74) is 3.85. The minimum atomic E-state index is -0.429. The molecule has 0 saturated carbocycles. The Morgan fingerprint density at radius 1 is 1.30 bits per heavy atom. The Balaban J connectivity index is 1.36. The minimum Gasteiger partial charge on any atom is -0.333 e. The van der Waals surface area contributed by atoms with Gasteiger partial charge in [-0.25, -0.2) is 0 Å². The Morgan fingerprint density at radius 2 is 2.15 bits per heavy atom. The van der Waals surface area contributed by atoms with Gasteiger partial charge in [-0.3, -0.25) is 14.9 Å². The maximum Gasteiger partial charge on any atom is 0.223 e. The van der Waals surface area contributed by atoms with Crippen LogP contribution in [0.25, 0.3) is 6.08 Å². The maximum absolute atomic E-state index is 12.9. The van der Waals surface area contributed by atoms with Crippen LogP contribution in [0.5, 0.6) is 0 Å². The molecule has 0 aromatic heterocycles. The van der Waals surface area contributed by atoms with Crippen LogP contribution >= 0.6 is 11.8 Å². The van der Waals surface area contributed by atoms with Crippen molar-refractivity contribution in [3.05, 3.63) is 41.0 Å². The van der Waals surface area contributed by atoms with E-state index >= 15 is 0 Å². The largest absolute Gasteiger partial charge is 0.333 e. The number of carbonyl (C=O) groups excluding carboxylic acids is 3. The zero-order chi connectivity index (χ0) is 18.8. The molecular formula is C21H24N2O3S. The van der Waals surface area contributed by atoms with Crippen molar-refractivity contribution in [1.29, 1.82) is 0 Å². The highest BCUT2D eigenvalue weighted by atomic mass is 32.2. The molecule has 2 fully saturated rings. The van der Waals surface area contributed by atoms with Crippen LogP contribution in [0.4, 0.5) is 0 Å². The quantitative estimate of drug-likeness (QED) is 0.762. The van der Waals surface area contributed by atoms with E-state index < -0.39 is 6.04 Å². The Bertz CT molecular complexity index is 791. The van der Waals surface area contributed by atoms with Crippen molar-refractivity contribution in [2.24, 2.45) is 0 Å². The van der Waals surface area contributed by atoms with Crippen LogP contribution in [-0.4, -0.2) is 52.6 Å². The fourth-order valence-electron chi connectivity index (χ4n) is 4.30. The lowest BCUT2D eigenvalue weighted by molar-refractivity contribution is -0.137. The van der Waals surface area contributed by atoms with E-state index in [4.69, 9.17) is 0 Å². The zero-order valence-electron chi connectivity index (χ0n) is 15.2. The lowest BCUT2D eigenvalue weighted by atomic mass is 10.0. The monoisotopic (exact) mass is 384 g/mol. The van der Waals surface area contributed by atoms with Crippen LogP contribution in [0.3, 0.4) is 0 Å². The number of Topliss-reactive ketones (excluding diaryl/α,β-unsaturated/α-hetero) is 1. The van der Waals surface area contributed by atoms with Crippen molar-refractivity contribution < 1.29 is 14.4 Å². The molecule has 1 N–H and O–H groups in total. The molecule has 4 rings (SSSR count). The Labute approximate surface area is 163 Å².